The molecule has 1 unspecified atom stereocenters. The Morgan fingerprint density at radius 1 is 1.44 bits per heavy atom. The minimum atomic E-state index is -0.805. The third-order valence-electron chi connectivity index (χ3n) is 5.18. The number of aliphatic hydroxyl groups is 1. The fraction of sp³-hybridized carbons (Fsp3) is 0.533. The van der Waals surface area contributed by atoms with E-state index in [1.807, 2.05) is 13.0 Å². The number of carbonyl (C=O) groups excluding carboxylic acids is 1. The topological polar surface area (TPSA) is 37.3 Å². The van der Waals surface area contributed by atoms with Gasteiger partial charge in [0.1, 0.15) is 0 Å². The molecule has 4 rings (SSSR count). The highest BCUT2D eigenvalue weighted by Crippen LogP contribution is 2.61. The van der Waals surface area contributed by atoms with Crippen molar-refractivity contribution >= 4 is 22.7 Å². The Labute approximate surface area is 110 Å². The van der Waals surface area contributed by atoms with Crippen LogP contribution in [-0.4, -0.2) is 16.5 Å². The Morgan fingerprint density at radius 3 is 3.11 bits per heavy atom. The Balaban J connectivity index is 1.89. The highest BCUT2D eigenvalue weighted by atomic mass is 32.1. The van der Waals surface area contributed by atoms with Gasteiger partial charge in [0.15, 0.2) is 5.78 Å². The number of fused-ring (bicyclic) bond motifs is 3. The lowest BCUT2D eigenvalue weighted by Crippen LogP contribution is -2.50. The van der Waals surface area contributed by atoms with Crippen LogP contribution in [0.1, 0.15) is 36.6 Å². The fourth-order valence-electron chi connectivity index (χ4n) is 4.06. The van der Waals surface area contributed by atoms with Crippen molar-refractivity contribution in [3.63, 3.8) is 0 Å². The highest BCUT2D eigenvalue weighted by molar-refractivity contribution is 7.11. The second-order valence-electron chi connectivity index (χ2n) is 6.31. The Bertz CT molecular complexity index is 581. The summed E-state index contributed by atoms with van der Waals surface area (Å²) in [7, 11) is 0. The first kappa shape index (κ1) is 10.9. The largest absolute Gasteiger partial charge is 0.389 e. The van der Waals surface area contributed by atoms with Crippen LogP contribution in [-0.2, 0) is 11.2 Å². The summed E-state index contributed by atoms with van der Waals surface area (Å²) in [5.74, 6) is -0.0596. The summed E-state index contributed by atoms with van der Waals surface area (Å²) in [6.07, 6.45) is 5.50. The molecular weight excluding hydrogens is 244 g/mol. The number of thiophene rings is 1. The quantitative estimate of drug-likeness (QED) is 0.779. The van der Waals surface area contributed by atoms with Crippen molar-refractivity contribution in [1.82, 2.24) is 0 Å². The molecule has 3 heteroatoms. The smallest absolute Gasteiger partial charge is 0.162 e. The van der Waals surface area contributed by atoms with Crippen LogP contribution in [0.3, 0.4) is 0 Å². The maximum Gasteiger partial charge on any atom is 0.162 e. The van der Waals surface area contributed by atoms with Crippen molar-refractivity contribution in [3.8, 4) is 0 Å². The molecule has 0 aliphatic heterocycles. The summed E-state index contributed by atoms with van der Waals surface area (Å²) < 4.78 is 0. The lowest BCUT2D eigenvalue weighted by atomic mass is 9.57. The Morgan fingerprint density at radius 2 is 2.28 bits per heavy atom. The van der Waals surface area contributed by atoms with Crippen LogP contribution in [0.4, 0.5) is 0 Å². The van der Waals surface area contributed by atoms with E-state index in [0.29, 0.717) is 0 Å². The molecule has 1 heterocycles. The molecule has 1 saturated carbocycles. The molecule has 1 N–H and O–H groups in total. The van der Waals surface area contributed by atoms with Crippen molar-refractivity contribution in [2.24, 2.45) is 11.3 Å². The maximum absolute atomic E-state index is 12.3. The van der Waals surface area contributed by atoms with E-state index >= 15 is 0 Å². The van der Waals surface area contributed by atoms with E-state index in [2.05, 4.69) is 11.4 Å². The summed E-state index contributed by atoms with van der Waals surface area (Å²) in [4.78, 5) is 13.6. The van der Waals surface area contributed by atoms with Crippen LogP contribution >= 0.6 is 11.3 Å². The zero-order valence-corrected chi connectivity index (χ0v) is 11.2. The molecule has 1 spiro atoms. The number of rotatable bonds is 0. The molecule has 0 saturated heterocycles. The van der Waals surface area contributed by atoms with Crippen LogP contribution in [0, 0.1) is 11.3 Å². The van der Waals surface area contributed by atoms with Gasteiger partial charge in [-0.2, -0.15) is 0 Å². The lowest BCUT2D eigenvalue weighted by molar-refractivity contribution is -0.134. The average Bonchev–Trinajstić information content (AvgIpc) is 2.85. The molecule has 3 atom stereocenters. The van der Waals surface area contributed by atoms with Crippen LogP contribution in [0.25, 0.3) is 5.57 Å². The number of allylic oxidation sites excluding steroid dienone is 2. The summed E-state index contributed by atoms with van der Waals surface area (Å²) in [6, 6.07) is 2.19. The number of hydrogen-bond donors (Lipinski definition) is 1. The SMILES string of the molecule is CC1(O)CC[C@@]23Cc4ccsc4C2=CC(=O)[C@@H]1C3. The summed E-state index contributed by atoms with van der Waals surface area (Å²) in [5.41, 5.74) is 2.02. The third-order valence-corrected chi connectivity index (χ3v) is 6.17. The summed E-state index contributed by atoms with van der Waals surface area (Å²) >= 11 is 1.76. The predicted molar refractivity (Wildman–Crippen MR) is 71.4 cm³/mol. The molecule has 1 aromatic heterocycles. The standard InChI is InChI=1S/C15H16O2S/c1-14(17)3-4-15-7-9-2-5-18-13(9)10(15)6-12(16)11(14)8-15/h2,5-6,11,17H,3-4,7-8H2,1H3/t11-,14?,15-/m0/s1. The lowest BCUT2D eigenvalue weighted by Gasteiger charge is -2.48. The van der Waals surface area contributed by atoms with Gasteiger partial charge >= 0.3 is 0 Å². The van der Waals surface area contributed by atoms with Crippen molar-refractivity contribution in [2.75, 3.05) is 0 Å². The van der Waals surface area contributed by atoms with Crippen molar-refractivity contribution in [1.29, 1.82) is 0 Å². The Kier molecular flexibility index (Phi) is 1.91. The zero-order valence-electron chi connectivity index (χ0n) is 10.4. The van der Waals surface area contributed by atoms with Crippen molar-refractivity contribution < 1.29 is 9.90 Å². The summed E-state index contributed by atoms with van der Waals surface area (Å²) in [5, 5.41) is 12.5. The van der Waals surface area contributed by atoms with Gasteiger partial charge in [-0.05, 0) is 61.3 Å². The van der Waals surface area contributed by atoms with E-state index in [1.54, 1.807) is 11.3 Å². The van der Waals surface area contributed by atoms with E-state index in [1.165, 1.54) is 16.0 Å². The van der Waals surface area contributed by atoms with Crippen molar-refractivity contribution in [2.45, 2.75) is 38.2 Å². The van der Waals surface area contributed by atoms with E-state index in [4.69, 9.17) is 0 Å². The van der Waals surface area contributed by atoms with Crippen LogP contribution in [0.2, 0.25) is 0 Å². The van der Waals surface area contributed by atoms with Gasteiger partial charge < -0.3 is 5.11 Å². The van der Waals surface area contributed by atoms with Crippen LogP contribution < -0.4 is 0 Å². The molecule has 2 nitrogen and oxygen atoms in total. The molecule has 94 valence electrons. The number of carbonyl (C=O) groups is 1. The van der Waals surface area contributed by atoms with Gasteiger partial charge in [-0.25, -0.2) is 0 Å². The van der Waals surface area contributed by atoms with Crippen molar-refractivity contribution in [3.05, 3.63) is 28.0 Å². The molecule has 0 amide bonds. The first-order valence-electron chi connectivity index (χ1n) is 6.57. The first-order valence-corrected chi connectivity index (χ1v) is 7.45. The van der Waals surface area contributed by atoms with Gasteiger partial charge in [-0.1, -0.05) is 0 Å². The van der Waals surface area contributed by atoms with Gasteiger partial charge in [-0.15, -0.1) is 11.3 Å². The summed E-state index contributed by atoms with van der Waals surface area (Å²) in [6.45, 7) is 1.83. The maximum atomic E-state index is 12.3. The zero-order chi connectivity index (χ0) is 12.5. The van der Waals surface area contributed by atoms with Gasteiger partial charge in [0, 0.05) is 10.3 Å². The third kappa shape index (κ3) is 1.19. The highest BCUT2D eigenvalue weighted by Gasteiger charge is 2.55. The molecule has 0 radical (unpaired) electrons. The molecule has 2 bridgehead atoms. The van der Waals surface area contributed by atoms with E-state index < -0.39 is 5.60 Å². The second kappa shape index (κ2) is 3.14. The van der Waals surface area contributed by atoms with Gasteiger partial charge in [0.2, 0.25) is 0 Å². The molecule has 0 aromatic carbocycles. The Hall–Kier alpha value is -0.930. The monoisotopic (exact) mass is 260 g/mol. The molecule has 1 fully saturated rings. The van der Waals surface area contributed by atoms with E-state index in [9.17, 15) is 9.90 Å². The predicted octanol–water partition coefficient (Wildman–Crippen LogP) is 2.81. The molecule has 18 heavy (non-hydrogen) atoms. The van der Waals surface area contributed by atoms with Gasteiger partial charge in [-0.3, -0.25) is 4.79 Å². The number of hydrogen-bond acceptors (Lipinski definition) is 3. The molecular formula is C15H16O2S. The minimum Gasteiger partial charge on any atom is -0.389 e. The van der Waals surface area contributed by atoms with E-state index in [0.717, 1.165) is 25.7 Å². The normalized spacial score (nSPS) is 41.3. The molecule has 1 aromatic rings. The minimum absolute atomic E-state index is 0.131. The first-order chi connectivity index (χ1) is 8.52. The second-order valence-corrected chi connectivity index (χ2v) is 7.22. The molecule has 3 aliphatic rings. The van der Waals surface area contributed by atoms with Crippen LogP contribution in [0.15, 0.2) is 17.5 Å². The number of ketones is 1. The fourth-order valence-corrected chi connectivity index (χ4v) is 5.13. The van der Waals surface area contributed by atoms with Gasteiger partial charge in [0.25, 0.3) is 0 Å². The average molecular weight is 260 g/mol. The van der Waals surface area contributed by atoms with Crippen LogP contribution in [0.5, 0.6) is 0 Å². The van der Waals surface area contributed by atoms with Gasteiger partial charge in [0.05, 0.1) is 11.5 Å². The molecule has 3 aliphatic carbocycles. The van der Waals surface area contributed by atoms with E-state index in [-0.39, 0.29) is 17.1 Å².